The first-order chi connectivity index (χ1) is 16.2. The summed E-state index contributed by atoms with van der Waals surface area (Å²) < 4.78 is 0. The number of aryl methyl sites for hydroxylation is 1. The van der Waals surface area contributed by atoms with Crippen molar-refractivity contribution in [1.82, 2.24) is 15.3 Å². The Kier molecular flexibility index (Phi) is 5.37. The molecule has 1 aliphatic carbocycles. The van der Waals surface area contributed by atoms with E-state index in [9.17, 15) is 5.11 Å². The molecule has 4 aromatic rings. The van der Waals surface area contributed by atoms with E-state index >= 15 is 0 Å². The number of aliphatic hydroxyl groups is 1. The molecule has 1 aliphatic heterocycles. The Balaban J connectivity index is 1.59. The first-order valence-corrected chi connectivity index (χ1v) is 12.6. The van der Waals surface area contributed by atoms with Crippen molar-refractivity contribution >= 4 is 27.4 Å². The highest BCUT2D eigenvalue weighted by molar-refractivity contribution is 7.19. The van der Waals surface area contributed by atoms with Crippen molar-refractivity contribution in [2.75, 3.05) is 18.0 Å². The molecule has 2 aliphatic rings. The Bertz CT molecular complexity index is 1280. The van der Waals surface area contributed by atoms with Gasteiger partial charge in [0, 0.05) is 22.9 Å². The molecule has 0 bridgehead atoms. The Hall–Kier alpha value is -2.80. The van der Waals surface area contributed by atoms with Gasteiger partial charge in [-0.05, 0) is 49.5 Å². The van der Waals surface area contributed by atoms with E-state index in [1.54, 1.807) is 17.7 Å². The lowest BCUT2D eigenvalue weighted by Crippen LogP contribution is -2.47. The highest BCUT2D eigenvalue weighted by Gasteiger charge is 2.40. The number of rotatable bonds is 4. The van der Waals surface area contributed by atoms with Gasteiger partial charge in [-0.2, -0.15) is 0 Å². The van der Waals surface area contributed by atoms with Crippen LogP contribution in [0.5, 0.6) is 0 Å². The van der Waals surface area contributed by atoms with E-state index in [4.69, 9.17) is 4.98 Å². The first-order valence-electron chi connectivity index (χ1n) is 11.8. The van der Waals surface area contributed by atoms with Gasteiger partial charge in [-0.25, -0.2) is 9.97 Å². The van der Waals surface area contributed by atoms with Crippen LogP contribution in [0.2, 0.25) is 0 Å². The molecule has 2 N–H and O–H groups in total. The summed E-state index contributed by atoms with van der Waals surface area (Å²) in [6, 6.07) is 19.2. The first kappa shape index (κ1) is 20.8. The number of fused-ring (bicyclic) bond motifs is 2. The molecule has 5 nitrogen and oxygen atoms in total. The Morgan fingerprint density at radius 1 is 1.00 bits per heavy atom. The number of hydrogen-bond acceptors (Lipinski definition) is 6. The Morgan fingerprint density at radius 3 is 2.58 bits per heavy atom. The fourth-order valence-corrected chi connectivity index (χ4v) is 6.69. The third-order valence-corrected chi connectivity index (χ3v) is 8.13. The van der Waals surface area contributed by atoms with Gasteiger partial charge in [-0.3, -0.25) is 0 Å². The number of anilines is 1. The monoisotopic (exact) mass is 456 g/mol. The molecule has 1 fully saturated rings. The fraction of sp³-hybridized carbons (Fsp3) is 0.333. The Morgan fingerprint density at radius 2 is 1.76 bits per heavy atom. The summed E-state index contributed by atoms with van der Waals surface area (Å²) >= 11 is 1.73. The molecule has 0 spiro atoms. The molecule has 3 heterocycles. The second kappa shape index (κ2) is 8.52. The minimum Gasteiger partial charge on any atom is -0.390 e. The van der Waals surface area contributed by atoms with Crippen LogP contribution in [0.1, 0.15) is 34.9 Å². The molecule has 2 unspecified atom stereocenters. The number of piperidine rings is 1. The van der Waals surface area contributed by atoms with Crippen molar-refractivity contribution in [3.63, 3.8) is 0 Å². The van der Waals surface area contributed by atoms with E-state index < -0.39 is 6.10 Å². The summed E-state index contributed by atoms with van der Waals surface area (Å²) in [5.41, 5.74) is 4.87. The zero-order valence-corrected chi connectivity index (χ0v) is 19.6. The third-order valence-electron chi connectivity index (χ3n) is 7.12. The maximum absolute atomic E-state index is 11.3. The van der Waals surface area contributed by atoms with Gasteiger partial charge in [0.25, 0.3) is 0 Å². The summed E-state index contributed by atoms with van der Waals surface area (Å²) in [6.07, 6.45) is 3.98. The van der Waals surface area contributed by atoms with Gasteiger partial charge in [0.2, 0.25) is 0 Å². The Labute approximate surface area is 198 Å². The fourth-order valence-electron chi connectivity index (χ4n) is 5.68. The van der Waals surface area contributed by atoms with Crippen LogP contribution in [0, 0.1) is 6.92 Å². The summed E-state index contributed by atoms with van der Waals surface area (Å²) in [5, 5.41) is 16.0. The van der Waals surface area contributed by atoms with Crippen molar-refractivity contribution < 1.29 is 5.11 Å². The van der Waals surface area contributed by atoms with Crippen LogP contribution in [0.4, 0.5) is 5.82 Å². The maximum Gasteiger partial charge on any atom is 0.142 e. The average Bonchev–Trinajstić information content (AvgIpc) is 3.37. The minimum atomic E-state index is -0.456. The predicted octanol–water partition coefficient (Wildman–Crippen LogP) is 4.88. The lowest BCUT2D eigenvalue weighted by atomic mass is 9.96. The lowest BCUT2D eigenvalue weighted by Gasteiger charge is -2.41. The summed E-state index contributed by atoms with van der Waals surface area (Å²) in [5.74, 6) is 0.954. The van der Waals surface area contributed by atoms with Crippen molar-refractivity contribution in [1.29, 1.82) is 0 Å². The van der Waals surface area contributed by atoms with Crippen LogP contribution in [0.25, 0.3) is 21.3 Å². The number of aromatic nitrogens is 2. The standard InChI is InChI=1S/C27H28N4OS/c1-17-23(18-7-3-2-4-8-18)24-26(29-16-30-27(24)33-17)31(20-11-13-28-14-12-20)25-21-10-6-5-9-19(21)15-22(25)32/h2-10,16,20,22,25,28,32H,11-15H2,1H3. The zero-order valence-electron chi connectivity index (χ0n) is 18.7. The molecule has 1 saturated heterocycles. The second-order valence-corrected chi connectivity index (χ2v) is 10.3. The van der Waals surface area contributed by atoms with Crippen LogP contribution in [0.3, 0.4) is 0 Å². The van der Waals surface area contributed by atoms with Crippen LogP contribution in [0.15, 0.2) is 60.9 Å². The van der Waals surface area contributed by atoms with E-state index in [1.807, 2.05) is 0 Å². The van der Waals surface area contributed by atoms with Crippen LogP contribution >= 0.6 is 11.3 Å². The zero-order chi connectivity index (χ0) is 22.4. The molecule has 33 heavy (non-hydrogen) atoms. The molecule has 0 radical (unpaired) electrons. The SMILES string of the molecule is Cc1sc2ncnc(N(C3CCNCC3)C3c4ccccc4CC3O)c2c1-c1ccccc1. The molecule has 6 rings (SSSR count). The third kappa shape index (κ3) is 3.53. The van der Waals surface area contributed by atoms with Gasteiger partial charge in [-0.15, -0.1) is 11.3 Å². The largest absolute Gasteiger partial charge is 0.390 e. The molecule has 168 valence electrons. The smallest absolute Gasteiger partial charge is 0.142 e. The van der Waals surface area contributed by atoms with E-state index in [2.05, 4.69) is 76.7 Å². The second-order valence-electron chi connectivity index (χ2n) is 9.08. The van der Waals surface area contributed by atoms with Crippen LogP contribution in [-0.4, -0.2) is 40.3 Å². The van der Waals surface area contributed by atoms with Gasteiger partial charge in [0.15, 0.2) is 0 Å². The van der Waals surface area contributed by atoms with Gasteiger partial charge >= 0.3 is 0 Å². The van der Waals surface area contributed by atoms with Crippen molar-refractivity contribution in [2.24, 2.45) is 0 Å². The van der Waals surface area contributed by atoms with Gasteiger partial charge in [0.1, 0.15) is 17.0 Å². The number of hydrogen-bond donors (Lipinski definition) is 2. The van der Waals surface area contributed by atoms with E-state index in [0.29, 0.717) is 12.5 Å². The predicted molar refractivity (Wildman–Crippen MR) is 135 cm³/mol. The highest BCUT2D eigenvalue weighted by atomic mass is 32.1. The average molecular weight is 457 g/mol. The highest BCUT2D eigenvalue weighted by Crippen LogP contribution is 2.46. The molecular weight excluding hydrogens is 428 g/mol. The van der Waals surface area contributed by atoms with Gasteiger partial charge < -0.3 is 15.3 Å². The molecule has 2 aromatic carbocycles. The molecule has 2 atom stereocenters. The molecule has 2 aromatic heterocycles. The van der Waals surface area contributed by atoms with Crippen molar-refractivity contribution in [3.8, 4) is 11.1 Å². The number of aliphatic hydroxyl groups excluding tert-OH is 1. The van der Waals surface area contributed by atoms with E-state index in [1.165, 1.54) is 27.1 Å². The van der Waals surface area contributed by atoms with Crippen LogP contribution < -0.4 is 10.2 Å². The lowest BCUT2D eigenvalue weighted by molar-refractivity contribution is 0.147. The quantitative estimate of drug-likeness (QED) is 0.458. The number of nitrogens with one attached hydrogen (secondary N) is 1. The molecule has 0 amide bonds. The van der Waals surface area contributed by atoms with E-state index in [-0.39, 0.29) is 6.04 Å². The minimum absolute atomic E-state index is 0.105. The summed E-state index contributed by atoms with van der Waals surface area (Å²) in [7, 11) is 0. The topological polar surface area (TPSA) is 61.3 Å². The van der Waals surface area contributed by atoms with E-state index in [0.717, 1.165) is 42.0 Å². The molecular formula is C27H28N4OS. The number of thiophene rings is 1. The number of benzene rings is 2. The summed E-state index contributed by atoms with van der Waals surface area (Å²) in [4.78, 5) is 14.3. The molecule has 6 heteroatoms. The number of nitrogens with zero attached hydrogens (tertiary/aromatic N) is 3. The van der Waals surface area contributed by atoms with Crippen molar-refractivity contribution in [3.05, 3.63) is 76.9 Å². The van der Waals surface area contributed by atoms with Gasteiger partial charge in [0.05, 0.1) is 17.5 Å². The van der Waals surface area contributed by atoms with Crippen LogP contribution in [-0.2, 0) is 6.42 Å². The maximum atomic E-state index is 11.3. The normalized spacial score (nSPS) is 20.8. The molecule has 0 saturated carbocycles. The summed E-state index contributed by atoms with van der Waals surface area (Å²) in [6.45, 7) is 4.13. The van der Waals surface area contributed by atoms with Gasteiger partial charge in [-0.1, -0.05) is 54.6 Å². The van der Waals surface area contributed by atoms with Crippen molar-refractivity contribution in [2.45, 2.75) is 44.4 Å².